The van der Waals surface area contributed by atoms with Crippen molar-refractivity contribution in [3.05, 3.63) is 0 Å². The molecule has 0 bridgehead atoms. The van der Waals surface area contributed by atoms with Gasteiger partial charge in [-0.1, -0.05) is 19.3 Å². The quantitative estimate of drug-likeness (QED) is 0.866. The molecule has 0 spiro atoms. The Labute approximate surface area is 129 Å². The maximum absolute atomic E-state index is 11.9. The van der Waals surface area contributed by atoms with E-state index in [1.54, 1.807) is 0 Å². The van der Waals surface area contributed by atoms with Gasteiger partial charge in [0.25, 0.3) is 0 Å². The normalized spacial score (nSPS) is 25.6. The molecule has 0 aromatic heterocycles. The first-order valence-corrected chi connectivity index (χ1v) is 8.64. The van der Waals surface area contributed by atoms with E-state index in [0.29, 0.717) is 0 Å². The molecule has 21 heavy (non-hydrogen) atoms. The molecule has 2 rings (SSSR count). The zero-order chi connectivity index (χ0) is 15.3. The van der Waals surface area contributed by atoms with Gasteiger partial charge >= 0.3 is 6.09 Å². The molecule has 2 aliphatic rings. The summed E-state index contributed by atoms with van der Waals surface area (Å²) in [7, 11) is 0. The van der Waals surface area contributed by atoms with Gasteiger partial charge in [-0.3, -0.25) is 0 Å². The SMILES string of the molecule is CC(C)(C)OC(=O)NC1CCCN(CC2CCCCC2)C1. The number of carbonyl (C=O) groups is 1. The lowest BCUT2D eigenvalue weighted by Crippen LogP contribution is -2.49. The number of likely N-dealkylation sites (tertiary alicyclic amines) is 1. The Morgan fingerprint density at radius 2 is 1.86 bits per heavy atom. The number of nitrogens with one attached hydrogen (secondary N) is 1. The van der Waals surface area contributed by atoms with E-state index in [4.69, 9.17) is 4.74 Å². The van der Waals surface area contributed by atoms with Crippen LogP contribution in [0.4, 0.5) is 4.79 Å². The van der Waals surface area contributed by atoms with Crippen LogP contribution in [0, 0.1) is 5.92 Å². The van der Waals surface area contributed by atoms with Crippen molar-refractivity contribution in [2.24, 2.45) is 5.92 Å². The number of carbonyl (C=O) groups excluding carboxylic acids is 1. The molecule has 2 fully saturated rings. The third-order valence-corrected chi connectivity index (χ3v) is 4.47. The Morgan fingerprint density at radius 1 is 1.14 bits per heavy atom. The fourth-order valence-corrected chi connectivity index (χ4v) is 3.55. The van der Waals surface area contributed by atoms with Crippen LogP contribution >= 0.6 is 0 Å². The van der Waals surface area contributed by atoms with Gasteiger partial charge < -0.3 is 15.0 Å². The van der Waals surface area contributed by atoms with E-state index in [9.17, 15) is 4.79 Å². The first kappa shape index (κ1) is 16.6. The Balaban J connectivity index is 1.73. The minimum atomic E-state index is -0.416. The lowest BCUT2D eigenvalue weighted by Gasteiger charge is -2.36. The molecule has 1 atom stereocenters. The first-order valence-electron chi connectivity index (χ1n) is 8.64. The largest absolute Gasteiger partial charge is 0.444 e. The van der Waals surface area contributed by atoms with Gasteiger partial charge in [0.2, 0.25) is 0 Å². The molecule has 1 saturated carbocycles. The summed E-state index contributed by atoms with van der Waals surface area (Å²) in [5, 5.41) is 3.04. The van der Waals surface area contributed by atoms with Crippen LogP contribution in [0.25, 0.3) is 0 Å². The van der Waals surface area contributed by atoms with Crippen LogP contribution in [-0.4, -0.2) is 42.3 Å². The average molecular weight is 296 g/mol. The van der Waals surface area contributed by atoms with Crippen molar-refractivity contribution in [3.63, 3.8) is 0 Å². The Morgan fingerprint density at radius 3 is 2.52 bits per heavy atom. The van der Waals surface area contributed by atoms with Crippen molar-refractivity contribution in [2.45, 2.75) is 77.4 Å². The smallest absolute Gasteiger partial charge is 0.407 e. The lowest BCUT2D eigenvalue weighted by atomic mass is 9.88. The molecule has 0 aromatic rings. The monoisotopic (exact) mass is 296 g/mol. The second kappa shape index (κ2) is 7.48. The fourth-order valence-electron chi connectivity index (χ4n) is 3.55. The highest BCUT2D eigenvalue weighted by Crippen LogP contribution is 2.25. The summed E-state index contributed by atoms with van der Waals surface area (Å²) in [6.07, 6.45) is 8.97. The lowest BCUT2D eigenvalue weighted by molar-refractivity contribution is 0.0465. The van der Waals surface area contributed by atoms with E-state index in [0.717, 1.165) is 18.9 Å². The van der Waals surface area contributed by atoms with E-state index in [1.807, 2.05) is 20.8 Å². The van der Waals surface area contributed by atoms with Gasteiger partial charge in [0.15, 0.2) is 0 Å². The molecule has 1 heterocycles. The number of nitrogens with zero attached hydrogens (tertiary/aromatic N) is 1. The number of ether oxygens (including phenoxy) is 1. The molecule has 4 nitrogen and oxygen atoms in total. The van der Waals surface area contributed by atoms with Gasteiger partial charge in [-0.05, 0) is 58.9 Å². The highest BCUT2D eigenvalue weighted by Gasteiger charge is 2.26. The van der Waals surface area contributed by atoms with Crippen LogP contribution in [-0.2, 0) is 4.74 Å². The summed E-state index contributed by atoms with van der Waals surface area (Å²) in [6, 6.07) is 0.247. The van der Waals surface area contributed by atoms with Crippen LogP contribution in [0.15, 0.2) is 0 Å². The predicted molar refractivity (Wildman–Crippen MR) is 85.4 cm³/mol. The molecule has 1 unspecified atom stereocenters. The topological polar surface area (TPSA) is 41.6 Å². The standard InChI is InChI=1S/C17H32N2O2/c1-17(2,3)21-16(20)18-15-10-7-11-19(13-15)12-14-8-5-4-6-9-14/h14-15H,4-13H2,1-3H3,(H,18,20). The van der Waals surface area contributed by atoms with Crippen LogP contribution in [0.5, 0.6) is 0 Å². The predicted octanol–water partition coefficient (Wildman–Crippen LogP) is 3.56. The molecule has 122 valence electrons. The van der Waals surface area contributed by atoms with Crippen molar-refractivity contribution in [3.8, 4) is 0 Å². The van der Waals surface area contributed by atoms with E-state index in [-0.39, 0.29) is 12.1 Å². The highest BCUT2D eigenvalue weighted by atomic mass is 16.6. The zero-order valence-corrected chi connectivity index (χ0v) is 14.0. The van der Waals surface area contributed by atoms with Gasteiger partial charge in [-0.2, -0.15) is 0 Å². The van der Waals surface area contributed by atoms with Crippen LogP contribution in [0.3, 0.4) is 0 Å². The van der Waals surface area contributed by atoms with Crippen molar-refractivity contribution in [1.29, 1.82) is 0 Å². The minimum Gasteiger partial charge on any atom is -0.444 e. The van der Waals surface area contributed by atoms with Gasteiger partial charge in [0.05, 0.1) is 0 Å². The summed E-state index contributed by atoms with van der Waals surface area (Å²) in [5.41, 5.74) is -0.416. The van der Waals surface area contributed by atoms with Crippen molar-refractivity contribution >= 4 is 6.09 Å². The van der Waals surface area contributed by atoms with E-state index in [1.165, 1.54) is 51.6 Å². The Bertz CT molecular complexity index is 332. The maximum atomic E-state index is 11.9. The molecule has 1 aliphatic carbocycles. The summed E-state index contributed by atoms with van der Waals surface area (Å²) in [4.78, 5) is 14.4. The van der Waals surface area contributed by atoms with Gasteiger partial charge in [-0.25, -0.2) is 4.79 Å². The van der Waals surface area contributed by atoms with Gasteiger partial charge in [-0.15, -0.1) is 0 Å². The maximum Gasteiger partial charge on any atom is 0.407 e. The Hall–Kier alpha value is -0.770. The van der Waals surface area contributed by atoms with Crippen LogP contribution in [0.2, 0.25) is 0 Å². The molecule has 1 saturated heterocycles. The number of amides is 1. The summed E-state index contributed by atoms with van der Waals surface area (Å²) in [6.45, 7) is 9.10. The highest BCUT2D eigenvalue weighted by molar-refractivity contribution is 5.68. The van der Waals surface area contributed by atoms with Crippen molar-refractivity contribution in [1.82, 2.24) is 10.2 Å². The summed E-state index contributed by atoms with van der Waals surface area (Å²) in [5.74, 6) is 0.874. The third kappa shape index (κ3) is 6.25. The molecule has 1 N–H and O–H groups in total. The molecule has 0 radical (unpaired) electrons. The molecular weight excluding hydrogens is 264 g/mol. The van der Waals surface area contributed by atoms with Gasteiger partial charge in [0, 0.05) is 19.1 Å². The average Bonchev–Trinajstić information content (AvgIpc) is 2.38. The van der Waals surface area contributed by atoms with E-state index in [2.05, 4.69) is 10.2 Å². The summed E-state index contributed by atoms with van der Waals surface area (Å²) >= 11 is 0. The van der Waals surface area contributed by atoms with Crippen molar-refractivity contribution in [2.75, 3.05) is 19.6 Å². The minimum absolute atomic E-state index is 0.247. The number of rotatable bonds is 3. The number of hydrogen-bond acceptors (Lipinski definition) is 3. The first-order chi connectivity index (χ1) is 9.92. The number of alkyl carbamates (subject to hydrolysis) is 1. The van der Waals surface area contributed by atoms with E-state index >= 15 is 0 Å². The molecule has 1 aliphatic heterocycles. The fraction of sp³-hybridized carbons (Fsp3) is 0.941. The second-order valence-electron chi connectivity index (χ2n) is 7.75. The molecule has 0 aromatic carbocycles. The van der Waals surface area contributed by atoms with Crippen LogP contribution < -0.4 is 5.32 Å². The van der Waals surface area contributed by atoms with E-state index < -0.39 is 5.60 Å². The molecular formula is C17H32N2O2. The van der Waals surface area contributed by atoms with Gasteiger partial charge in [0.1, 0.15) is 5.60 Å². The Kier molecular flexibility index (Phi) is 5.91. The molecule has 1 amide bonds. The zero-order valence-electron chi connectivity index (χ0n) is 14.0. The third-order valence-electron chi connectivity index (χ3n) is 4.47. The number of hydrogen-bond donors (Lipinski definition) is 1. The number of piperidine rings is 1. The summed E-state index contributed by atoms with van der Waals surface area (Å²) < 4.78 is 5.36. The molecule has 4 heteroatoms. The van der Waals surface area contributed by atoms with Crippen LogP contribution in [0.1, 0.15) is 65.7 Å². The second-order valence-corrected chi connectivity index (χ2v) is 7.75. The van der Waals surface area contributed by atoms with Crippen molar-refractivity contribution < 1.29 is 9.53 Å².